The van der Waals surface area contributed by atoms with Gasteiger partial charge >= 0.3 is 5.69 Å². The average Bonchev–Trinajstić information content (AvgIpc) is 2.87. The number of nitrogens with zero attached hydrogens (tertiary/aromatic N) is 4. The van der Waals surface area contributed by atoms with Gasteiger partial charge in [0.05, 0.1) is 16.4 Å². The summed E-state index contributed by atoms with van der Waals surface area (Å²) in [6.07, 6.45) is 1.58. The predicted molar refractivity (Wildman–Crippen MR) is 115 cm³/mol. The summed E-state index contributed by atoms with van der Waals surface area (Å²) in [7, 11) is 0. The predicted octanol–water partition coefficient (Wildman–Crippen LogP) is 2.07. The van der Waals surface area contributed by atoms with Gasteiger partial charge in [0.25, 0.3) is 5.56 Å². The number of nitrogens with two attached hydrogens (primary N) is 1. The molecule has 2 rings (SSSR count). The lowest BCUT2D eigenvalue weighted by Gasteiger charge is -2.26. The summed E-state index contributed by atoms with van der Waals surface area (Å²) < 4.78 is 2.81. The van der Waals surface area contributed by atoms with E-state index < -0.39 is 11.2 Å². The second-order valence-electron chi connectivity index (χ2n) is 7.54. The topological polar surface area (TPSA) is 119 Å². The van der Waals surface area contributed by atoms with E-state index >= 15 is 0 Å². The maximum atomic E-state index is 13.2. The molecule has 9 nitrogen and oxygen atoms in total. The van der Waals surface area contributed by atoms with Crippen molar-refractivity contribution in [1.82, 2.24) is 19.3 Å². The third kappa shape index (κ3) is 4.90. The molecule has 10 heteroatoms. The molecule has 160 valence electrons. The van der Waals surface area contributed by atoms with E-state index in [2.05, 4.69) is 10.1 Å². The molecule has 0 aliphatic heterocycles. The molecule has 0 spiro atoms. The Hall–Kier alpha value is -2.55. The Morgan fingerprint density at radius 2 is 1.97 bits per heavy atom. The van der Waals surface area contributed by atoms with Crippen LogP contribution < -0.4 is 21.9 Å². The molecule has 0 fully saturated rings. The number of rotatable bonds is 8. The van der Waals surface area contributed by atoms with Gasteiger partial charge in [0, 0.05) is 13.1 Å². The number of nitrogens with one attached hydrogen (secondary N) is 1. The number of aromatic nitrogens is 4. The van der Waals surface area contributed by atoms with Gasteiger partial charge in [-0.25, -0.2) is 4.79 Å². The Balaban J connectivity index is 2.52. The van der Waals surface area contributed by atoms with Crippen molar-refractivity contribution >= 4 is 29.0 Å². The molecule has 0 aliphatic rings. The first kappa shape index (κ1) is 22.7. The zero-order valence-electron chi connectivity index (χ0n) is 17.6. The molecule has 2 heterocycles. The largest absolute Gasteiger partial charge is 0.383 e. The van der Waals surface area contributed by atoms with Crippen LogP contribution in [0.5, 0.6) is 0 Å². The van der Waals surface area contributed by atoms with E-state index in [9.17, 15) is 14.4 Å². The highest BCUT2D eigenvalue weighted by Crippen LogP contribution is 2.22. The summed E-state index contributed by atoms with van der Waals surface area (Å²) >= 11 is 6.18. The Morgan fingerprint density at radius 1 is 1.31 bits per heavy atom. The summed E-state index contributed by atoms with van der Waals surface area (Å²) in [4.78, 5) is 41.6. The smallest absolute Gasteiger partial charge is 0.330 e. The van der Waals surface area contributed by atoms with Gasteiger partial charge in [-0.1, -0.05) is 38.8 Å². The third-order valence-corrected chi connectivity index (χ3v) is 5.19. The molecule has 0 bridgehead atoms. The quantitative estimate of drug-likeness (QED) is 0.672. The minimum absolute atomic E-state index is 0.00685. The van der Waals surface area contributed by atoms with Crippen molar-refractivity contribution in [3.63, 3.8) is 0 Å². The monoisotopic (exact) mass is 424 g/mol. The van der Waals surface area contributed by atoms with E-state index in [1.165, 1.54) is 14.1 Å². The molecule has 2 aromatic rings. The van der Waals surface area contributed by atoms with E-state index in [1.807, 2.05) is 20.8 Å². The number of aryl methyl sites for hydroxylation is 1. The Morgan fingerprint density at radius 3 is 2.48 bits per heavy atom. The number of amides is 1. The minimum atomic E-state index is -0.680. The van der Waals surface area contributed by atoms with Gasteiger partial charge in [-0.15, -0.1) is 0 Å². The molecule has 1 amide bonds. The highest BCUT2D eigenvalue weighted by Gasteiger charge is 2.26. The lowest BCUT2D eigenvalue weighted by Crippen LogP contribution is -2.44. The van der Waals surface area contributed by atoms with Gasteiger partial charge in [-0.05, 0) is 26.2 Å². The Labute approximate surface area is 174 Å². The van der Waals surface area contributed by atoms with Crippen LogP contribution in [0.25, 0.3) is 0 Å². The highest BCUT2D eigenvalue weighted by atomic mass is 35.5. The molecule has 0 radical (unpaired) electrons. The number of anilines is 2. The van der Waals surface area contributed by atoms with E-state index in [0.29, 0.717) is 23.0 Å². The first-order valence-corrected chi connectivity index (χ1v) is 10.1. The van der Waals surface area contributed by atoms with Crippen LogP contribution in [0.1, 0.15) is 45.0 Å². The molecule has 2 aromatic heterocycles. The molecular weight excluding hydrogens is 396 g/mol. The zero-order valence-corrected chi connectivity index (χ0v) is 18.3. The first-order valence-electron chi connectivity index (χ1n) is 9.70. The van der Waals surface area contributed by atoms with Gasteiger partial charge in [-0.2, -0.15) is 5.10 Å². The second kappa shape index (κ2) is 9.30. The fraction of sp³-hybridized carbons (Fsp3) is 0.579. The highest BCUT2D eigenvalue weighted by molar-refractivity contribution is 6.31. The van der Waals surface area contributed by atoms with Crippen LogP contribution in [0.15, 0.2) is 9.59 Å². The second-order valence-corrected chi connectivity index (χ2v) is 7.92. The van der Waals surface area contributed by atoms with Gasteiger partial charge in [-0.3, -0.25) is 23.8 Å². The lowest BCUT2D eigenvalue weighted by atomic mass is 10.2. The van der Waals surface area contributed by atoms with Crippen LogP contribution in [0.3, 0.4) is 0 Å². The number of unbranched alkanes of at least 4 members (excludes halogenated alkanes) is 1. The lowest BCUT2D eigenvalue weighted by molar-refractivity contribution is -0.119. The normalized spacial score (nSPS) is 11.3. The molecule has 0 saturated heterocycles. The first-order chi connectivity index (χ1) is 13.6. The van der Waals surface area contributed by atoms with Crippen LogP contribution in [0, 0.1) is 19.8 Å². The number of aromatic amines is 1. The van der Waals surface area contributed by atoms with E-state index in [0.717, 1.165) is 12.8 Å². The number of H-pyrrole nitrogens is 1. The van der Waals surface area contributed by atoms with Crippen molar-refractivity contribution < 1.29 is 4.79 Å². The SMILES string of the molecule is CCCCn1c(N)c(N(CC(C)C)C(=O)Cn2nc(C)c(Cl)c2C)c(=O)[nH]c1=O. The van der Waals surface area contributed by atoms with Gasteiger partial charge in [0.2, 0.25) is 5.91 Å². The molecule has 0 aliphatic carbocycles. The number of nitrogen functional groups attached to an aromatic ring is 1. The van der Waals surface area contributed by atoms with Crippen molar-refractivity contribution in [3.8, 4) is 0 Å². The van der Waals surface area contributed by atoms with Gasteiger partial charge in [0.1, 0.15) is 12.4 Å². The maximum absolute atomic E-state index is 13.2. The van der Waals surface area contributed by atoms with E-state index in [4.69, 9.17) is 17.3 Å². The molecule has 29 heavy (non-hydrogen) atoms. The van der Waals surface area contributed by atoms with Crippen molar-refractivity contribution in [2.24, 2.45) is 5.92 Å². The van der Waals surface area contributed by atoms with Crippen molar-refractivity contribution in [2.75, 3.05) is 17.2 Å². The van der Waals surface area contributed by atoms with Crippen LogP contribution in [-0.2, 0) is 17.9 Å². The van der Waals surface area contributed by atoms with E-state index in [1.54, 1.807) is 13.8 Å². The van der Waals surface area contributed by atoms with Crippen molar-refractivity contribution in [3.05, 3.63) is 37.2 Å². The van der Waals surface area contributed by atoms with Crippen LogP contribution in [0.4, 0.5) is 11.5 Å². The summed E-state index contributed by atoms with van der Waals surface area (Å²) in [6, 6.07) is 0. The Bertz CT molecular complexity index is 1000. The molecular formula is C19H29ClN6O3. The van der Waals surface area contributed by atoms with Crippen molar-refractivity contribution in [1.29, 1.82) is 0 Å². The Kier molecular flexibility index (Phi) is 7.29. The minimum Gasteiger partial charge on any atom is -0.383 e. The number of halogens is 1. The summed E-state index contributed by atoms with van der Waals surface area (Å²) in [5, 5.41) is 4.79. The van der Waals surface area contributed by atoms with Gasteiger partial charge < -0.3 is 10.6 Å². The fourth-order valence-electron chi connectivity index (χ4n) is 3.10. The molecule has 0 unspecified atom stereocenters. The number of carbonyl (C=O) groups is 1. The molecule has 0 saturated carbocycles. The summed E-state index contributed by atoms with van der Waals surface area (Å²) in [6.45, 7) is 9.91. The molecule has 0 atom stereocenters. The zero-order chi connectivity index (χ0) is 21.9. The number of carbonyl (C=O) groups excluding carboxylic acids is 1. The van der Waals surface area contributed by atoms with Gasteiger partial charge in [0.15, 0.2) is 5.69 Å². The standard InChI is InChI=1S/C19H29ClN6O3/c1-6-7-8-24-17(21)16(18(28)22-19(24)29)25(9-11(2)3)14(27)10-26-13(5)15(20)12(4)23-26/h11H,6-10,21H2,1-5H3,(H,22,28,29). The van der Waals surface area contributed by atoms with E-state index in [-0.39, 0.29) is 36.4 Å². The average molecular weight is 425 g/mol. The molecule has 3 N–H and O–H groups in total. The third-order valence-electron chi connectivity index (χ3n) is 4.65. The number of hydrogen-bond acceptors (Lipinski definition) is 5. The molecule has 0 aromatic carbocycles. The fourth-order valence-corrected chi connectivity index (χ4v) is 3.24. The van der Waals surface area contributed by atoms with Crippen molar-refractivity contribution in [2.45, 2.75) is 60.5 Å². The summed E-state index contributed by atoms with van der Waals surface area (Å²) in [5.41, 5.74) is 6.22. The summed E-state index contributed by atoms with van der Waals surface area (Å²) in [5.74, 6) is -0.302. The van der Waals surface area contributed by atoms with Crippen LogP contribution in [0.2, 0.25) is 5.02 Å². The number of hydrogen-bond donors (Lipinski definition) is 2. The van der Waals surface area contributed by atoms with Crippen LogP contribution >= 0.6 is 11.6 Å². The van der Waals surface area contributed by atoms with Crippen LogP contribution in [-0.4, -0.2) is 31.8 Å². The maximum Gasteiger partial charge on any atom is 0.330 e.